The van der Waals surface area contributed by atoms with Gasteiger partial charge in [0.25, 0.3) is 5.91 Å². The van der Waals surface area contributed by atoms with Gasteiger partial charge in [0.15, 0.2) is 0 Å². The molecule has 7 nitrogen and oxygen atoms in total. The third kappa shape index (κ3) is 3.20. The second-order valence-electron chi connectivity index (χ2n) is 5.90. The molecule has 0 atom stereocenters. The molecule has 0 unspecified atom stereocenters. The van der Waals surface area contributed by atoms with Crippen molar-refractivity contribution in [3.8, 4) is 0 Å². The Hall–Kier alpha value is -2.57. The number of nitrogens with one attached hydrogen (secondary N) is 2. The van der Waals surface area contributed by atoms with E-state index in [0.717, 1.165) is 17.0 Å². The second-order valence-corrected chi connectivity index (χ2v) is 5.90. The fourth-order valence-corrected chi connectivity index (χ4v) is 2.95. The number of aryl methyl sites for hydroxylation is 3. The Balaban J connectivity index is 2.07. The van der Waals surface area contributed by atoms with Crippen molar-refractivity contribution >= 4 is 11.9 Å². The van der Waals surface area contributed by atoms with Gasteiger partial charge < -0.3 is 15.0 Å². The van der Waals surface area contributed by atoms with Gasteiger partial charge in [-0.2, -0.15) is 5.10 Å². The molecule has 2 N–H and O–H groups in total. The molecule has 0 fully saturated rings. The summed E-state index contributed by atoms with van der Waals surface area (Å²) in [4.78, 5) is 27.2. The van der Waals surface area contributed by atoms with Crippen LogP contribution in [0.25, 0.3) is 0 Å². The Morgan fingerprint density at radius 1 is 1.25 bits per heavy atom. The quantitative estimate of drug-likeness (QED) is 0.816. The van der Waals surface area contributed by atoms with Gasteiger partial charge in [0.05, 0.1) is 18.4 Å². The molecule has 2 rings (SSSR count). The molecule has 7 heteroatoms. The zero-order chi connectivity index (χ0) is 18.0. The smallest absolute Gasteiger partial charge is 0.339 e. The van der Waals surface area contributed by atoms with Crippen molar-refractivity contribution in [2.45, 2.75) is 34.1 Å². The summed E-state index contributed by atoms with van der Waals surface area (Å²) < 4.78 is 6.60. The highest BCUT2D eigenvalue weighted by atomic mass is 16.5. The van der Waals surface area contributed by atoms with Gasteiger partial charge in [0, 0.05) is 25.0 Å². The van der Waals surface area contributed by atoms with Crippen LogP contribution in [0.5, 0.6) is 0 Å². The third-order valence-electron chi connectivity index (χ3n) is 4.37. The first-order valence-corrected chi connectivity index (χ1v) is 7.82. The van der Waals surface area contributed by atoms with Crippen LogP contribution in [-0.4, -0.2) is 40.3 Å². The summed E-state index contributed by atoms with van der Waals surface area (Å²) >= 11 is 0. The Kier molecular flexibility index (Phi) is 5.11. The van der Waals surface area contributed by atoms with E-state index in [1.165, 1.54) is 7.11 Å². The van der Waals surface area contributed by atoms with Crippen LogP contribution in [0.2, 0.25) is 0 Å². The van der Waals surface area contributed by atoms with E-state index in [-0.39, 0.29) is 5.91 Å². The van der Waals surface area contributed by atoms with Crippen molar-refractivity contribution < 1.29 is 14.3 Å². The van der Waals surface area contributed by atoms with Crippen LogP contribution >= 0.6 is 0 Å². The van der Waals surface area contributed by atoms with Crippen molar-refractivity contribution in [1.82, 2.24) is 20.1 Å². The summed E-state index contributed by atoms with van der Waals surface area (Å²) in [6.07, 6.45) is 0.708. The van der Waals surface area contributed by atoms with Gasteiger partial charge in [-0.1, -0.05) is 0 Å². The molecular formula is C17H24N4O3. The SMILES string of the molecule is COC(=O)c1c(C)[nH]c(C(=O)NCCc2c(C)nn(C)c2C)c1C. The Morgan fingerprint density at radius 3 is 2.46 bits per heavy atom. The first kappa shape index (κ1) is 17.8. The lowest BCUT2D eigenvalue weighted by molar-refractivity contribution is 0.0599. The van der Waals surface area contributed by atoms with Crippen molar-refractivity contribution in [3.05, 3.63) is 39.5 Å². The monoisotopic (exact) mass is 332 g/mol. The first-order valence-electron chi connectivity index (χ1n) is 7.82. The third-order valence-corrected chi connectivity index (χ3v) is 4.37. The lowest BCUT2D eigenvalue weighted by Crippen LogP contribution is -2.27. The van der Waals surface area contributed by atoms with Crippen molar-refractivity contribution in [3.63, 3.8) is 0 Å². The molecule has 1 amide bonds. The molecular weight excluding hydrogens is 308 g/mol. The van der Waals surface area contributed by atoms with Crippen LogP contribution in [0.1, 0.15) is 49.1 Å². The number of ether oxygens (including phenoxy) is 1. The maximum atomic E-state index is 12.4. The Labute approximate surface area is 141 Å². The predicted molar refractivity (Wildman–Crippen MR) is 90.3 cm³/mol. The minimum Gasteiger partial charge on any atom is -0.465 e. The molecule has 2 aromatic heterocycles. The first-order chi connectivity index (χ1) is 11.3. The van der Waals surface area contributed by atoms with Crippen molar-refractivity contribution in [1.29, 1.82) is 0 Å². The molecule has 0 radical (unpaired) electrons. The van der Waals surface area contributed by atoms with Crippen molar-refractivity contribution in [2.75, 3.05) is 13.7 Å². The van der Waals surface area contributed by atoms with Gasteiger partial charge in [-0.05, 0) is 45.2 Å². The average Bonchev–Trinajstić information content (AvgIpc) is 2.96. The summed E-state index contributed by atoms with van der Waals surface area (Å²) in [6, 6.07) is 0. The summed E-state index contributed by atoms with van der Waals surface area (Å²) in [5.74, 6) is -0.674. The van der Waals surface area contributed by atoms with E-state index in [4.69, 9.17) is 4.74 Å². The highest BCUT2D eigenvalue weighted by molar-refractivity contribution is 6.00. The number of methoxy groups -OCH3 is 1. The second kappa shape index (κ2) is 6.90. The van der Waals surface area contributed by atoms with Gasteiger partial charge >= 0.3 is 5.97 Å². The van der Waals surface area contributed by atoms with Crippen LogP contribution in [0.4, 0.5) is 0 Å². The molecule has 0 aliphatic rings. The van der Waals surface area contributed by atoms with E-state index in [2.05, 4.69) is 15.4 Å². The molecule has 0 saturated carbocycles. The highest BCUT2D eigenvalue weighted by Crippen LogP contribution is 2.19. The van der Waals surface area contributed by atoms with E-state index in [9.17, 15) is 9.59 Å². The van der Waals surface area contributed by atoms with Gasteiger partial charge in [-0.3, -0.25) is 9.48 Å². The predicted octanol–water partition coefficient (Wildman–Crippen LogP) is 1.74. The number of hydrogen-bond donors (Lipinski definition) is 2. The molecule has 130 valence electrons. The van der Waals surface area contributed by atoms with Crippen LogP contribution in [0, 0.1) is 27.7 Å². The van der Waals surface area contributed by atoms with Gasteiger partial charge in [0.1, 0.15) is 5.69 Å². The minimum atomic E-state index is -0.443. The number of nitrogens with zero attached hydrogens (tertiary/aromatic N) is 2. The Bertz CT molecular complexity index is 786. The van der Waals surface area contributed by atoms with Crippen LogP contribution in [0.15, 0.2) is 0 Å². The fourth-order valence-electron chi connectivity index (χ4n) is 2.95. The number of carbonyl (C=O) groups is 2. The number of aromatic nitrogens is 3. The largest absolute Gasteiger partial charge is 0.465 e. The number of H-pyrrole nitrogens is 1. The molecule has 0 spiro atoms. The van der Waals surface area contributed by atoms with Gasteiger partial charge in [-0.25, -0.2) is 4.79 Å². The van der Waals surface area contributed by atoms with E-state index >= 15 is 0 Å². The molecule has 0 aromatic carbocycles. The number of carbonyl (C=O) groups excluding carboxylic acids is 2. The van der Waals surface area contributed by atoms with E-state index in [1.807, 2.05) is 25.6 Å². The molecule has 0 saturated heterocycles. The van der Waals surface area contributed by atoms with E-state index in [1.54, 1.807) is 13.8 Å². The van der Waals surface area contributed by atoms with Gasteiger partial charge in [0.2, 0.25) is 0 Å². The number of aromatic amines is 1. The van der Waals surface area contributed by atoms with Crippen LogP contribution in [-0.2, 0) is 18.2 Å². The van der Waals surface area contributed by atoms with E-state index < -0.39 is 5.97 Å². The summed E-state index contributed by atoms with van der Waals surface area (Å²) in [5, 5.41) is 7.26. The zero-order valence-corrected chi connectivity index (χ0v) is 15.0. The van der Waals surface area contributed by atoms with E-state index in [0.29, 0.717) is 35.5 Å². The van der Waals surface area contributed by atoms with Crippen molar-refractivity contribution in [2.24, 2.45) is 7.05 Å². The maximum Gasteiger partial charge on any atom is 0.339 e. The Morgan fingerprint density at radius 2 is 1.92 bits per heavy atom. The summed E-state index contributed by atoms with van der Waals surface area (Å²) in [5.41, 5.74) is 5.27. The molecule has 2 aromatic rings. The standard InChI is InChI=1S/C17H24N4O3/c1-9-14(17(23)24-6)11(3)19-15(9)16(22)18-8-7-13-10(2)20-21(5)12(13)4/h19H,7-8H2,1-6H3,(H,18,22). The number of rotatable bonds is 5. The van der Waals surface area contributed by atoms with Gasteiger partial charge in [-0.15, -0.1) is 0 Å². The summed E-state index contributed by atoms with van der Waals surface area (Å²) in [6.45, 7) is 7.96. The number of esters is 1. The topological polar surface area (TPSA) is 89.0 Å². The zero-order valence-electron chi connectivity index (χ0n) is 15.0. The fraction of sp³-hybridized carbons (Fsp3) is 0.471. The summed E-state index contributed by atoms with van der Waals surface area (Å²) in [7, 11) is 3.23. The molecule has 2 heterocycles. The average molecular weight is 332 g/mol. The molecule has 24 heavy (non-hydrogen) atoms. The van der Waals surface area contributed by atoms with Crippen LogP contribution in [0.3, 0.4) is 0 Å². The lowest BCUT2D eigenvalue weighted by atomic mass is 10.1. The molecule has 0 aliphatic heterocycles. The maximum absolute atomic E-state index is 12.4. The normalized spacial score (nSPS) is 10.8. The highest BCUT2D eigenvalue weighted by Gasteiger charge is 2.22. The van der Waals surface area contributed by atoms with Crippen LogP contribution < -0.4 is 5.32 Å². The molecule has 0 bridgehead atoms. The number of amides is 1. The lowest BCUT2D eigenvalue weighted by Gasteiger charge is -2.06. The minimum absolute atomic E-state index is 0.232. The number of hydrogen-bond acceptors (Lipinski definition) is 4. The molecule has 0 aliphatic carbocycles.